The van der Waals surface area contributed by atoms with Crippen LogP contribution in [0.5, 0.6) is 11.5 Å². The molecule has 0 radical (unpaired) electrons. The number of carbonyl (C=O) groups is 1. The molecule has 104 valence electrons. The van der Waals surface area contributed by atoms with Crippen molar-refractivity contribution in [1.29, 1.82) is 0 Å². The summed E-state index contributed by atoms with van der Waals surface area (Å²) in [6.07, 6.45) is 1.47. The molecule has 1 atom stereocenters. The zero-order chi connectivity index (χ0) is 13.7. The minimum atomic E-state index is -0.859. The zero-order valence-electron chi connectivity index (χ0n) is 10.6. The fourth-order valence-corrected chi connectivity index (χ4v) is 2.29. The summed E-state index contributed by atoms with van der Waals surface area (Å²) in [5.74, 6) is -1.01. The number of ether oxygens (including phenoxy) is 2. The summed E-state index contributed by atoms with van der Waals surface area (Å²) in [7, 11) is 0. The Morgan fingerprint density at radius 3 is 2.68 bits per heavy atom. The van der Waals surface area contributed by atoms with Crippen molar-refractivity contribution in [2.24, 2.45) is 11.8 Å². The Balaban J connectivity index is 1.97. The molecule has 0 amide bonds. The summed E-state index contributed by atoms with van der Waals surface area (Å²) in [4.78, 5) is 11.3. The Bertz CT molecular complexity index is 426. The second-order valence-electron chi connectivity index (χ2n) is 4.67. The highest BCUT2D eigenvalue weighted by molar-refractivity contribution is 5.70. The van der Waals surface area contributed by atoms with E-state index in [1.165, 1.54) is 6.07 Å². The van der Waals surface area contributed by atoms with E-state index in [0.717, 1.165) is 12.8 Å². The van der Waals surface area contributed by atoms with Crippen LogP contribution >= 0.6 is 0 Å². The van der Waals surface area contributed by atoms with E-state index in [2.05, 4.69) is 0 Å². The van der Waals surface area contributed by atoms with Crippen LogP contribution in [0.2, 0.25) is 0 Å². The average Bonchev–Trinajstić information content (AvgIpc) is 2.42. The van der Waals surface area contributed by atoms with Gasteiger partial charge in [-0.05, 0) is 30.9 Å². The molecular formula is C14H18O5. The summed E-state index contributed by atoms with van der Waals surface area (Å²) >= 11 is 0. The first-order valence-electron chi connectivity index (χ1n) is 6.40. The first kappa shape index (κ1) is 13.7. The Kier molecular flexibility index (Phi) is 4.63. The minimum Gasteiger partial charge on any atom is -0.504 e. The normalized spacial score (nSPS) is 17.9. The first-order valence-corrected chi connectivity index (χ1v) is 6.40. The summed E-state index contributed by atoms with van der Waals surface area (Å²) in [6.45, 7) is 1.27. The number of benzene rings is 1. The fourth-order valence-electron chi connectivity index (χ4n) is 2.29. The van der Waals surface area contributed by atoms with Crippen molar-refractivity contribution in [3.05, 3.63) is 24.3 Å². The van der Waals surface area contributed by atoms with Crippen LogP contribution in [0.25, 0.3) is 0 Å². The Morgan fingerprint density at radius 1 is 1.37 bits per heavy atom. The van der Waals surface area contributed by atoms with Crippen LogP contribution in [0, 0.1) is 11.8 Å². The third kappa shape index (κ3) is 3.61. The Hall–Kier alpha value is -1.75. The SMILES string of the molecule is O=C(O)C(COc1ccccc1O)C1CCOCC1. The highest BCUT2D eigenvalue weighted by atomic mass is 16.5. The Labute approximate surface area is 111 Å². The molecular weight excluding hydrogens is 248 g/mol. The number of hydrogen-bond donors (Lipinski definition) is 2. The quantitative estimate of drug-likeness (QED) is 0.851. The van der Waals surface area contributed by atoms with Gasteiger partial charge in [0, 0.05) is 13.2 Å². The van der Waals surface area contributed by atoms with E-state index in [9.17, 15) is 15.0 Å². The van der Waals surface area contributed by atoms with Crippen molar-refractivity contribution in [3.8, 4) is 11.5 Å². The van der Waals surface area contributed by atoms with Crippen molar-refractivity contribution < 1.29 is 24.5 Å². The van der Waals surface area contributed by atoms with Crippen LogP contribution < -0.4 is 4.74 Å². The van der Waals surface area contributed by atoms with Crippen molar-refractivity contribution in [2.45, 2.75) is 12.8 Å². The molecule has 0 bridgehead atoms. The maximum atomic E-state index is 11.3. The van der Waals surface area contributed by atoms with E-state index in [1.54, 1.807) is 18.2 Å². The summed E-state index contributed by atoms with van der Waals surface area (Å²) in [6, 6.07) is 6.56. The second kappa shape index (κ2) is 6.43. The monoisotopic (exact) mass is 266 g/mol. The minimum absolute atomic E-state index is 0.0265. The smallest absolute Gasteiger partial charge is 0.310 e. The molecule has 0 aromatic heterocycles. The summed E-state index contributed by atoms with van der Waals surface area (Å²) in [5.41, 5.74) is 0. The standard InChI is InChI=1S/C14H18O5/c15-12-3-1-2-4-13(12)19-9-11(14(16)17)10-5-7-18-8-6-10/h1-4,10-11,15H,5-9H2,(H,16,17). The largest absolute Gasteiger partial charge is 0.504 e. The van der Waals surface area contributed by atoms with E-state index in [-0.39, 0.29) is 18.3 Å². The van der Waals surface area contributed by atoms with E-state index in [0.29, 0.717) is 19.0 Å². The van der Waals surface area contributed by atoms with Crippen LogP contribution in [0.1, 0.15) is 12.8 Å². The number of phenols is 1. The van der Waals surface area contributed by atoms with Crippen LogP contribution in [0.3, 0.4) is 0 Å². The maximum Gasteiger partial charge on any atom is 0.310 e. The lowest BCUT2D eigenvalue weighted by Gasteiger charge is -2.27. The van der Waals surface area contributed by atoms with Gasteiger partial charge in [-0.1, -0.05) is 12.1 Å². The van der Waals surface area contributed by atoms with E-state index in [4.69, 9.17) is 9.47 Å². The predicted molar refractivity (Wildman–Crippen MR) is 68.3 cm³/mol. The van der Waals surface area contributed by atoms with Gasteiger partial charge in [-0.3, -0.25) is 4.79 Å². The number of aromatic hydroxyl groups is 1. The molecule has 1 aliphatic rings. The number of para-hydroxylation sites is 2. The number of carboxylic acids is 1. The molecule has 2 N–H and O–H groups in total. The molecule has 1 heterocycles. The molecule has 1 aromatic carbocycles. The molecule has 2 rings (SSSR count). The van der Waals surface area contributed by atoms with Crippen molar-refractivity contribution in [2.75, 3.05) is 19.8 Å². The zero-order valence-corrected chi connectivity index (χ0v) is 10.6. The van der Waals surface area contributed by atoms with Gasteiger partial charge < -0.3 is 19.7 Å². The number of rotatable bonds is 5. The second-order valence-corrected chi connectivity index (χ2v) is 4.67. The highest BCUT2D eigenvalue weighted by Gasteiger charge is 2.30. The van der Waals surface area contributed by atoms with Crippen LogP contribution in [-0.4, -0.2) is 36.0 Å². The summed E-state index contributed by atoms with van der Waals surface area (Å²) in [5, 5.41) is 18.9. The lowest BCUT2D eigenvalue weighted by atomic mass is 9.86. The van der Waals surface area contributed by atoms with Gasteiger partial charge in [0.1, 0.15) is 6.61 Å². The molecule has 5 heteroatoms. The highest BCUT2D eigenvalue weighted by Crippen LogP contribution is 2.28. The summed E-state index contributed by atoms with van der Waals surface area (Å²) < 4.78 is 10.7. The molecule has 1 saturated heterocycles. The van der Waals surface area contributed by atoms with Crippen molar-refractivity contribution in [1.82, 2.24) is 0 Å². The van der Waals surface area contributed by atoms with Gasteiger partial charge in [-0.15, -0.1) is 0 Å². The molecule has 0 saturated carbocycles. The Morgan fingerprint density at radius 2 is 2.05 bits per heavy atom. The number of phenolic OH excluding ortho intramolecular Hbond substituents is 1. The third-order valence-electron chi connectivity index (χ3n) is 3.44. The average molecular weight is 266 g/mol. The number of aliphatic carboxylic acids is 1. The lowest BCUT2D eigenvalue weighted by molar-refractivity contribution is -0.146. The fraction of sp³-hybridized carbons (Fsp3) is 0.500. The van der Waals surface area contributed by atoms with E-state index < -0.39 is 11.9 Å². The van der Waals surface area contributed by atoms with E-state index >= 15 is 0 Å². The molecule has 0 spiro atoms. The maximum absolute atomic E-state index is 11.3. The topological polar surface area (TPSA) is 76.0 Å². The van der Waals surface area contributed by atoms with Gasteiger partial charge >= 0.3 is 5.97 Å². The van der Waals surface area contributed by atoms with Crippen LogP contribution in [0.4, 0.5) is 0 Å². The van der Waals surface area contributed by atoms with Gasteiger partial charge in [-0.2, -0.15) is 0 Å². The molecule has 19 heavy (non-hydrogen) atoms. The number of hydrogen-bond acceptors (Lipinski definition) is 4. The van der Waals surface area contributed by atoms with Crippen molar-refractivity contribution in [3.63, 3.8) is 0 Å². The van der Waals surface area contributed by atoms with Gasteiger partial charge in [-0.25, -0.2) is 0 Å². The molecule has 1 aromatic rings. The predicted octanol–water partition coefficient (Wildman–Crippen LogP) is 1.90. The molecule has 1 unspecified atom stereocenters. The van der Waals surface area contributed by atoms with Crippen LogP contribution in [-0.2, 0) is 9.53 Å². The lowest BCUT2D eigenvalue weighted by Crippen LogP contribution is -2.33. The van der Waals surface area contributed by atoms with Crippen molar-refractivity contribution >= 4 is 5.97 Å². The molecule has 1 aliphatic heterocycles. The molecule has 0 aliphatic carbocycles. The van der Waals surface area contributed by atoms with Gasteiger partial charge in [0.2, 0.25) is 0 Å². The first-order chi connectivity index (χ1) is 9.18. The van der Waals surface area contributed by atoms with Gasteiger partial charge in [0.05, 0.1) is 5.92 Å². The third-order valence-corrected chi connectivity index (χ3v) is 3.44. The number of carboxylic acid groups (broad SMARTS) is 1. The van der Waals surface area contributed by atoms with E-state index in [1.807, 2.05) is 0 Å². The molecule has 1 fully saturated rings. The van der Waals surface area contributed by atoms with Gasteiger partial charge in [0.15, 0.2) is 11.5 Å². The van der Waals surface area contributed by atoms with Gasteiger partial charge in [0.25, 0.3) is 0 Å². The molecule has 5 nitrogen and oxygen atoms in total. The van der Waals surface area contributed by atoms with Crippen LogP contribution in [0.15, 0.2) is 24.3 Å².